The normalized spacial score (nSPS) is 19.1. The summed E-state index contributed by atoms with van der Waals surface area (Å²) in [5.74, 6) is 1.41. The Morgan fingerprint density at radius 2 is 1.90 bits per heavy atom. The first-order chi connectivity index (χ1) is 18.2. The number of hydrogen-bond acceptors (Lipinski definition) is 9. The molecule has 4 heterocycles. The number of cyclic esters (lactones) is 1. The molecule has 0 aliphatic carbocycles. The molecule has 3 atom stereocenters. The zero-order valence-electron chi connectivity index (χ0n) is 24.5. The largest absolute Gasteiger partial charge is 0.474 e. The Labute approximate surface area is 235 Å². The third-order valence-corrected chi connectivity index (χ3v) is 9.28. The maximum atomic E-state index is 12.4. The molecule has 1 unspecified atom stereocenters. The highest BCUT2D eigenvalue weighted by molar-refractivity contribution is 7.99. The summed E-state index contributed by atoms with van der Waals surface area (Å²) in [6.45, 7) is 16.5. The molecule has 0 spiro atoms. The summed E-state index contributed by atoms with van der Waals surface area (Å²) in [4.78, 5) is 26.6. The van der Waals surface area contributed by atoms with Crippen molar-refractivity contribution in [2.45, 2.75) is 96.1 Å². The molecular weight excluding hydrogens is 510 g/mol. The van der Waals surface area contributed by atoms with Gasteiger partial charge in [0.1, 0.15) is 17.7 Å². The first-order valence-corrected chi connectivity index (χ1v) is 14.7. The first kappa shape index (κ1) is 29.1. The highest BCUT2D eigenvalue weighted by Crippen LogP contribution is 2.38. The lowest BCUT2D eigenvalue weighted by Crippen LogP contribution is -2.42. The molecule has 3 aromatic heterocycles. The van der Waals surface area contributed by atoms with E-state index in [4.69, 9.17) is 20.2 Å². The fourth-order valence-corrected chi connectivity index (χ4v) is 5.21. The SMILES string of the molecule is CC[C@@](C)(N)c1cnc(O[C@H](C)CC(C)(C)SC)c2cnc(Nc3ccc4c(n3)C(C)(C)C(C)OC4=O)cc12. The van der Waals surface area contributed by atoms with Crippen molar-refractivity contribution in [2.75, 3.05) is 11.6 Å². The minimum atomic E-state index is -0.584. The van der Waals surface area contributed by atoms with Crippen molar-refractivity contribution in [3.05, 3.63) is 47.4 Å². The molecule has 3 N–H and O–H groups in total. The van der Waals surface area contributed by atoms with Crippen LogP contribution in [0.2, 0.25) is 0 Å². The second kappa shape index (κ2) is 10.6. The van der Waals surface area contributed by atoms with E-state index < -0.39 is 11.0 Å². The molecule has 4 rings (SSSR count). The van der Waals surface area contributed by atoms with Crippen molar-refractivity contribution >= 4 is 40.1 Å². The molecule has 0 bridgehead atoms. The molecule has 210 valence electrons. The lowest BCUT2D eigenvalue weighted by molar-refractivity contribution is 0.00864. The number of esters is 1. The number of nitrogens with one attached hydrogen (secondary N) is 1. The number of rotatable bonds is 9. The number of nitrogens with two attached hydrogens (primary N) is 1. The lowest BCUT2D eigenvalue weighted by Gasteiger charge is -2.36. The average Bonchev–Trinajstić information content (AvgIpc) is 2.87. The van der Waals surface area contributed by atoms with Crippen LogP contribution in [0.25, 0.3) is 10.8 Å². The van der Waals surface area contributed by atoms with Crippen molar-refractivity contribution in [3.8, 4) is 5.88 Å². The van der Waals surface area contributed by atoms with E-state index in [1.54, 1.807) is 18.3 Å². The first-order valence-electron chi connectivity index (χ1n) is 13.5. The molecule has 39 heavy (non-hydrogen) atoms. The Kier molecular flexibility index (Phi) is 7.89. The zero-order chi connectivity index (χ0) is 28.8. The van der Waals surface area contributed by atoms with Crippen molar-refractivity contribution in [2.24, 2.45) is 5.73 Å². The number of ether oxygens (including phenoxy) is 2. The van der Waals surface area contributed by atoms with E-state index in [1.165, 1.54) is 0 Å². The van der Waals surface area contributed by atoms with Crippen molar-refractivity contribution in [3.63, 3.8) is 0 Å². The minimum Gasteiger partial charge on any atom is -0.474 e. The summed E-state index contributed by atoms with van der Waals surface area (Å²) in [5.41, 5.74) is 7.83. The molecule has 8 nitrogen and oxygen atoms in total. The maximum Gasteiger partial charge on any atom is 0.340 e. The smallest absolute Gasteiger partial charge is 0.340 e. The standard InChI is InChI=1S/C30H41N5O3S/c1-10-30(8,31)22-16-33-26(37-17(2)14-28(4,5)39-9)21-15-32-24(13-20(21)22)34-23-12-11-19-25(35-23)29(6,7)18(3)38-27(19)36/h11-13,15-18H,10,14,31H2,1-9H3,(H,32,34,35)/t17-,18?,30-/m1/s1. The van der Waals surface area contributed by atoms with Crippen LogP contribution in [0.3, 0.4) is 0 Å². The van der Waals surface area contributed by atoms with Gasteiger partial charge in [0.05, 0.1) is 22.7 Å². The zero-order valence-corrected chi connectivity index (χ0v) is 25.3. The van der Waals surface area contributed by atoms with Gasteiger partial charge in [-0.05, 0) is 69.0 Å². The van der Waals surface area contributed by atoms with Gasteiger partial charge in [-0.25, -0.2) is 19.7 Å². The van der Waals surface area contributed by atoms with Gasteiger partial charge in [0.2, 0.25) is 5.88 Å². The summed E-state index contributed by atoms with van der Waals surface area (Å²) in [6, 6.07) is 5.50. The average molecular weight is 552 g/mol. The van der Waals surface area contributed by atoms with Gasteiger partial charge in [0.25, 0.3) is 0 Å². The Bertz CT molecular complexity index is 1390. The van der Waals surface area contributed by atoms with E-state index in [0.29, 0.717) is 28.8 Å². The number of nitrogens with zero attached hydrogens (tertiary/aromatic N) is 3. The van der Waals surface area contributed by atoms with Gasteiger partial charge in [-0.1, -0.05) is 34.6 Å². The number of anilines is 2. The second-order valence-corrected chi connectivity index (χ2v) is 13.5. The molecule has 1 aliphatic heterocycles. The fraction of sp³-hybridized carbons (Fsp3) is 0.533. The fourth-order valence-electron chi connectivity index (χ4n) is 4.81. The van der Waals surface area contributed by atoms with Crippen molar-refractivity contribution in [1.82, 2.24) is 15.0 Å². The predicted molar refractivity (Wildman–Crippen MR) is 159 cm³/mol. The van der Waals surface area contributed by atoms with Gasteiger partial charge < -0.3 is 20.5 Å². The Balaban J connectivity index is 1.73. The van der Waals surface area contributed by atoms with E-state index in [0.717, 1.165) is 29.2 Å². The van der Waals surface area contributed by atoms with E-state index in [-0.39, 0.29) is 22.9 Å². The van der Waals surface area contributed by atoms with Crippen molar-refractivity contribution < 1.29 is 14.3 Å². The minimum absolute atomic E-state index is 0.0284. The number of aromatic nitrogens is 3. The van der Waals surface area contributed by atoms with Crippen molar-refractivity contribution in [1.29, 1.82) is 0 Å². The molecule has 0 amide bonds. The molecule has 3 aromatic rings. The van der Waals surface area contributed by atoms with Gasteiger partial charge in [-0.3, -0.25) is 0 Å². The molecule has 1 aliphatic rings. The van der Waals surface area contributed by atoms with Crippen LogP contribution < -0.4 is 15.8 Å². The summed E-state index contributed by atoms with van der Waals surface area (Å²) >= 11 is 1.82. The monoisotopic (exact) mass is 551 g/mol. The van der Waals surface area contributed by atoms with Crippen LogP contribution in [0.4, 0.5) is 11.6 Å². The maximum absolute atomic E-state index is 12.4. The van der Waals surface area contributed by atoms with Gasteiger partial charge in [0.15, 0.2) is 0 Å². The number of pyridine rings is 3. The highest BCUT2D eigenvalue weighted by atomic mass is 32.2. The molecule has 0 fully saturated rings. The van der Waals surface area contributed by atoms with Crippen LogP contribution in [0, 0.1) is 0 Å². The topological polar surface area (TPSA) is 112 Å². The lowest BCUT2D eigenvalue weighted by atomic mass is 9.79. The van der Waals surface area contributed by atoms with Gasteiger partial charge in [0, 0.05) is 28.1 Å². The van der Waals surface area contributed by atoms with Gasteiger partial charge >= 0.3 is 5.97 Å². The number of carbonyl (C=O) groups is 1. The van der Waals surface area contributed by atoms with E-state index in [9.17, 15) is 4.79 Å². The number of thioether (sulfide) groups is 1. The van der Waals surface area contributed by atoms with Gasteiger partial charge in [-0.2, -0.15) is 11.8 Å². The molecule has 0 radical (unpaired) electrons. The second-order valence-electron chi connectivity index (χ2n) is 11.9. The Morgan fingerprint density at radius 1 is 1.18 bits per heavy atom. The van der Waals surface area contributed by atoms with Crippen LogP contribution in [0.1, 0.15) is 89.8 Å². The Hall–Kier alpha value is -2.91. The molecule has 0 saturated carbocycles. The number of fused-ring (bicyclic) bond motifs is 2. The number of carbonyl (C=O) groups excluding carboxylic acids is 1. The summed E-state index contributed by atoms with van der Waals surface area (Å²) in [6.07, 6.45) is 7.02. The van der Waals surface area contributed by atoms with Crippen LogP contribution in [-0.2, 0) is 15.7 Å². The Morgan fingerprint density at radius 3 is 2.56 bits per heavy atom. The van der Waals surface area contributed by atoms with Gasteiger partial charge in [-0.15, -0.1) is 0 Å². The van der Waals surface area contributed by atoms with E-state index >= 15 is 0 Å². The quantitative estimate of drug-likeness (QED) is 0.288. The summed E-state index contributed by atoms with van der Waals surface area (Å²) < 4.78 is 12.0. The van der Waals surface area contributed by atoms with Crippen LogP contribution in [-0.4, -0.2) is 44.1 Å². The van der Waals surface area contributed by atoms with E-state index in [2.05, 4.69) is 49.2 Å². The molecular formula is C30H41N5O3S. The number of hydrogen-bond donors (Lipinski definition) is 2. The summed E-state index contributed by atoms with van der Waals surface area (Å²) in [5, 5.41) is 5.07. The third-order valence-electron chi connectivity index (χ3n) is 8.01. The molecule has 0 aromatic carbocycles. The van der Waals surface area contributed by atoms with Crippen LogP contribution in [0.15, 0.2) is 30.6 Å². The summed E-state index contributed by atoms with van der Waals surface area (Å²) in [7, 11) is 0. The predicted octanol–water partition coefficient (Wildman–Crippen LogP) is 6.49. The molecule has 9 heteroatoms. The molecule has 0 saturated heterocycles. The van der Waals surface area contributed by atoms with Crippen LogP contribution >= 0.6 is 11.8 Å². The van der Waals surface area contributed by atoms with Crippen LogP contribution in [0.5, 0.6) is 5.88 Å². The third kappa shape index (κ3) is 5.84. The highest BCUT2D eigenvalue weighted by Gasteiger charge is 2.41. The van der Waals surface area contributed by atoms with E-state index in [1.807, 2.05) is 51.7 Å².